The first kappa shape index (κ1) is 24.0. The van der Waals surface area contributed by atoms with Gasteiger partial charge in [0, 0.05) is 53.4 Å². The Balaban J connectivity index is 1.20. The minimum atomic E-state index is -0.378. The third-order valence-electron chi connectivity index (χ3n) is 7.80. The van der Waals surface area contributed by atoms with Crippen molar-refractivity contribution >= 4 is 28.6 Å². The summed E-state index contributed by atoms with van der Waals surface area (Å²) in [5.74, 6) is 1.21. The molecule has 8 heteroatoms. The van der Waals surface area contributed by atoms with Gasteiger partial charge in [-0.3, -0.25) is 14.3 Å². The van der Waals surface area contributed by atoms with Crippen LogP contribution in [0.4, 0.5) is 10.3 Å². The van der Waals surface area contributed by atoms with Crippen molar-refractivity contribution in [3.8, 4) is 16.8 Å². The molecule has 7 rings (SSSR count). The molecular formula is C31H25ClFN5O. The standard InChI is InChI=1S/C31H25ClFN5O/c32-27-9-5-4-8-23(27)24-14-20-15-34-31(36-29(20)38(30(24)39)22-12-10-21(33)11-13-22)35-28-25-17-37(18-26(25)28)16-19-6-2-1-3-7-19/h1-15,25-26,28H,16-18H2,(H,34,35,36). The van der Waals surface area contributed by atoms with E-state index in [-0.39, 0.29) is 11.4 Å². The van der Waals surface area contributed by atoms with Crippen LogP contribution in [0, 0.1) is 17.7 Å². The van der Waals surface area contributed by atoms with Crippen LogP contribution in [0.25, 0.3) is 27.8 Å². The number of pyridine rings is 1. The third kappa shape index (κ3) is 4.47. The van der Waals surface area contributed by atoms with Gasteiger partial charge in [0.15, 0.2) is 5.65 Å². The van der Waals surface area contributed by atoms with Gasteiger partial charge >= 0.3 is 0 Å². The Morgan fingerprint density at radius 2 is 1.64 bits per heavy atom. The van der Waals surface area contributed by atoms with Crippen LogP contribution in [-0.4, -0.2) is 38.6 Å². The number of hydrogen-bond acceptors (Lipinski definition) is 5. The first-order valence-electron chi connectivity index (χ1n) is 13.0. The number of nitrogens with one attached hydrogen (secondary N) is 1. The molecule has 6 nitrogen and oxygen atoms in total. The molecule has 194 valence electrons. The lowest BCUT2D eigenvalue weighted by Crippen LogP contribution is -2.28. The second-order valence-corrected chi connectivity index (χ2v) is 10.7. The van der Waals surface area contributed by atoms with E-state index in [0.29, 0.717) is 56.7 Å². The Kier molecular flexibility index (Phi) is 5.90. The number of nitrogens with zero attached hydrogens (tertiary/aromatic N) is 4. The lowest BCUT2D eigenvalue weighted by atomic mass is 10.1. The zero-order valence-electron chi connectivity index (χ0n) is 21.0. The van der Waals surface area contributed by atoms with Gasteiger partial charge in [0.2, 0.25) is 5.95 Å². The van der Waals surface area contributed by atoms with Crippen molar-refractivity contribution in [1.29, 1.82) is 0 Å². The van der Waals surface area contributed by atoms with Crippen molar-refractivity contribution in [3.05, 3.63) is 118 Å². The molecule has 0 spiro atoms. The van der Waals surface area contributed by atoms with Gasteiger partial charge in [0.1, 0.15) is 5.82 Å². The zero-order chi connectivity index (χ0) is 26.5. The molecule has 1 saturated heterocycles. The molecular weight excluding hydrogens is 513 g/mol. The van der Waals surface area contributed by atoms with E-state index in [1.807, 2.05) is 24.3 Å². The number of rotatable bonds is 6. The average Bonchev–Trinajstić information content (AvgIpc) is 3.38. The number of hydrogen-bond donors (Lipinski definition) is 1. The van der Waals surface area contributed by atoms with E-state index >= 15 is 0 Å². The molecule has 1 aliphatic heterocycles. The highest BCUT2D eigenvalue weighted by atomic mass is 35.5. The second-order valence-electron chi connectivity index (χ2n) is 10.3. The highest BCUT2D eigenvalue weighted by Gasteiger charge is 2.55. The van der Waals surface area contributed by atoms with Crippen molar-refractivity contribution in [2.24, 2.45) is 11.8 Å². The maximum atomic E-state index is 13.8. The first-order chi connectivity index (χ1) is 19.0. The summed E-state index contributed by atoms with van der Waals surface area (Å²) in [6, 6.07) is 25.7. The number of halogens is 2. The van der Waals surface area contributed by atoms with Crippen LogP contribution < -0.4 is 10.9 Å². The normalized spacial score (nSPS) is 20.2. The van der Waals surface area contributed by atoms with Crippen LogP contribution >= 0.6 is 11.6 Å². The molecule has 1 aliphatic carbocycles. The van der Waals surface area contributed by atoms with Gasteiger partial charge in [-0.1, -0.05) is 60.1 Å². The maximum absolute atomic E-state index is 13.8. The van der Waals surface area contributed by atoms with Gasteiger partial charge < -0.3 is 5.32 Å². The summed E-state index contributed by atoms with van der Waals surface area (Å²) >= 11 is 6.45. The summed E-state index contributed by atoms with van der Waals surface area (Å²) in [7, 11) is 0. The summed E-state index contributed by atoms with van der Waals surface area (Å²) in [5, 5.41) is 4.67. The predicted molar refractivity (Wildman–Crippen MR) is 152 cm³/mol. The van der Waals surface area contributed by atoms with E-state index in [4.69, 9.17) is 16.6 Å². The molecule has 2 atom stereocenters. The van der Waals surface area contributed by atoms with Crippen molar-refractivity contribution in [2.45, 2.75) is 12.6 Å². The van der Waals surface area contributed by atoms with Gasteiger partial charge in [0.25, 0.3) is 5.56 Å². The van der Waals surface area contributed by atoms with E-state index in [1.54, 1.807) is 30.5 Å². The van der Waals surface area contributed by atoms with Gasteiger partial charge in [-0.15, -0.1) is 0 Å². The highest BCUT2D eigenvalue weighted by Crippen LogP contribution is 2.47. The summed E-state index contributed by atoms with van der Waals surface area (Å²) in [6.45, 7) is 3.03. The topological polar surface area (TPSA) is 63.1 Å². The lowest BCUT2D eigenvalue weighted by Gasteiger charge is -2.20. The maximum Gasteiger partial charge on any atom is 0.264 e. The molecule has 0 radical (unpaired) electrons. The largest absolute Gasteiger partial charge is 0.351 e. The van der Waals surface area contributed by atoms with Crippen LogP contribution in [0.2, 0.25) is 5.02 Å². The number of aromatic nitrogens is 3. The van der Waals surface area contributed by atoms with Crippen molar-refractivity contribution in [1.82, 2.24) is 19.4 Å². The number of piperidine rings is 1. The van der Waals surface area contributed by atoms with Gasteiger partial charge in [-0.05, 0) is 53.8 Å². The fraction of sp³-hybridized carbons (Fsp3) is 0.194. The summed E-state index contributed by atoms with van der Waals surface area (Å²) in [6.07, 6.45) is 1.73. The smallest absolute Gasteiger partial charge is 0.264 e. The number of fused-ring (bicyclic) bond motifs is 2. The van der Waals surface area contributed by atoms with Gasteiger partial charge in [-0.2, -0.15) is 4.98 Å². The lowest BCUT2D eigenvalue weighted by molar-refractivity contribution is 0.292. The Bertz CT molecular complexity index is 1730. The molecule has 2 aliphatic rings. The minimum Gasteiger partial charge on any atom is -0.351 e. The van der Waals surface area contributed by atoms with Crippen LogP contribution in [0.15, 0.2) is 95.9 Å². The molecule has 3 heterocycles. The first-order valence-corrected chi connectivity index (χ1v) is 13.4. The van der Waals surface area contributed by atoms with E-state index in [2.05, 4.69) is 39.5 Å². The molecule has 1 N–H and O–H groups in total. The monoisotopic (exact) mass is 537 g/mol. The van der Waals surface area contributed by atoms with E-state index in [1.165, 1.54) is 22.3 Å². The molecule has 1 saturated carbocycles. The average molecular weight is 538 g/mol. The molecule has 2 fully saturated rings. The number of anilines is 1. The quantitative estimate of drug-likeness (QED) is 0.297. The van der Waals surface area contributed by atoms with E-state index in [9.17, 15) is 9.18 Å². The second kappa shape index (κ2) is 9.59. The molecule has 5 aromatic rings. The van der Waals surface area contributed by atoms with Crippen LogP contribution in [-0.2, 0) is 6.54 Å². The molecule has 39 heavy (non-hydrogen) atoms. The fourth-order valence-corrected chi connectivity index (χ4v) is 6.05. The Labute approximate surface area is 229 Å². The molecule has 0 bridgehead atoms. The zero-order valence-corrected chi connectivity index (χ0v) is 21.7. The van der Waals surface area contributed by atoms with Crippen LogP contribution in [0.3, 0.4) is 0 Å². The van der Waals surface area contributed by atoms with Crippen molar-refractivity contribution in [2.75, 3.05) is 18.4 Å². The van der Waals surface area contributed by atoms with Gasteiger partial charge in [-0.25, -0.2) is 9.37 Å². The highest BCUT2D eigenvalue weighted by molar-refractivity contribution is 6.33. The molecule has 2 unspecified atom stereocenters. The summed E-state index contributed by atoms with van der Waals surface area (Å²) in [5.41, 5.74) is 3.07. The third-order valence-corrected chi connectivity index (χ3v) is 8.13. The fourth-order valence-electron chi connectivity index (χ4n) is 5.82. The summed E-state index contributed by atoms with van der Waals surface area (Å²) in [4.78, 5) is 25.7. The molecule has 0 amide bonds. The van der Waals surface area contributed by atoms with Crippen LogP contribution in [0.5, 0.6) is 0 Å². The van der Waals surface area contributed by atoms with E-state index < -0.39 is 0 Å². The Morgan fingerprint density at radius 1 is 0.923 bits per heavy atom. The Hall–Kier alpha value is -4.07. The number of likely N-dealkylation sites (tertiary alicyclic amines) is 1. The van der Waals surface area contributed by atoms with Crippen LogP contribution in [0.1, 0.15) is 5.56 Å². The SMILES string of the molecule is O=c1c(-c2ccccc2Cl)cc2cnc(NC3C4CN(Cc5ccccc5)CC43)nc2n1-c1ccc(F)cc1. The van der Waals surface area contributed by atoms with E-state index in [0.717, 1.165) is 19.6 Å². The van der Waals surface area contributed by atoms with Crippen molar-refractivity contribution < 1.29 is 4.39 Å². The Morgan fingerprint density at radius 3 is 2.38 bits per heavy atom. The predicted octanol–water partition coefficient (Wildman–Crippen LogP) is 5.78. The molecule has 2 aromatic heterocycles. The van der Waals surface area contributed by atoms with Gasteiger partial charge in [0.05, 0.1) is 5.69 Å². The number of benzene rings is 3. The summed E-state index contributed by atoms with van der Waals surface area (Å²) < 4.78 is 15.3. The molecule has 3 aromatic carbocycles. The van der Waals surface area contributed by atoms with Crippen molar-refractivity contribution in [3.63, 3.8) is 0 Å². The minimum absolute atomic E-state index is 0.285.